The molecule has 2 radical (unpaired) electrons. The fourth-order valence-electron chi connectivity index (χ4n) is 0.831. The Bertz CT molecular complexity index is 418. The van der Waals surface area contributed by atoms with Gasteiger partial charge in [0.1, 0.15) is 14.3 Å². The highest BCUT2D eigenvalue weighted by Crippen LogP contribution is 1.97. The van der Waals surface area contributed by atoms with Crippen molar-refractivity contribution in [2.24, 2.45) is 0 Å². The number of hydrogen-bond donors (Lipinski definition) is 1. The molecule has 0 amide bonds. The van der Waals surface area contributed by atoms with Crippen molar-refractivity contribution in [3.05, 3.63) is 16.3 Å². The number of H-pyrrole nitrogens is 1. The largest absolute Gasteiger partial charge is 0.469 e. The molecule has 1 heterocycles. The lowest BCUT2D eigenvalue weighted by Gasteiger charge is -1.96. The van der Waals surface area contributed by atoms with Crippen molar-refractivity contribution in [3.63, 3.8) is 0 Å². The van der Waals surface area contributed by atoms with Crippen molar-refractivity contribution < 1.29 is 18.7 Å². The van der Waals surface area contributed by atoms with E-state index in [0.29, 0.717) is 0 Å². The van der Waals surface area contributed by atoms with Crippen LogP contribution in [0.4, 0.5) is 0 Å². The predicted molar refractivity (Wildman–Crippen MR) is 45.7 cm³/mol. The molecule has 0 aromatic carbocycles. The third-order valence-electron chi connectivity index (χ3n) is 1.46. The zero-order valence-electron chi connectivity index (χ0n) is 7.33. The second kappa shape index (κ2) is 3.95. The van der Waals surface area contributed by atoms with Crippen LogP contribution in [-0.4, -0.2) is 31.7 Å². The molecule has 0 bridgehead atoms. The van der Waals surface area contributed by atoms with E-state index in [-0.39, 0.29) is 11.4 Å². The molecule has 0 saturated heterocycles. The summed E-state index contributed by atoms with van der Waals surface area (Å²) in [5.41, 5.74) is -0.191. The minimum absolute atomic E-state index is 0.191. The standard InChI is InChI=1S/C7H6BNO5/c1-13-4(11)2-3(10)5-6(8)9-7(12)14-5/h2H2,1H3,(H,9,12). The van der Waals surface area contributed by atoms with E-state index >= 15 is 0 Å². The summed E-state index contributed by atoms with van der Waals surface area (Å²) in [4.78, 5) is 34.6. The number of aromatic amines is 1. The maximum atomic E-state index is 11.2. The van der Waals surface area contributed by atoms with E-state index in [1.165, 1.54) is 0 Å². The van der Waals surface area contributed by atoms with E-state index in [0.717, 1.165) is 7.11 Å². The number of aromatic nitrogens is 1. The van der Waals surface area contributed by atoms with Gasteiger partial charge < -0.3 is 14.1 Å². The van der Waals surface area contributed by atoms with Gasteiger partial charge in [-0.2, -0.15) is 0 Å². The third kappa shape index (κ3) is 2.12. The molecule has 0 saturated carbocycles. The zero-order valence-corrected chi connectivity index (χ0v) is 7.33. The molecule has 1 aromatic heterocycles. The Morgan fingerprint density at radius 2 is 2.21 bits per heavy atom. The number of oxazole rings is 1. The molecule has 7 heteroatoms. The first-order valence-corrected chi connectivity index (χ1v) is 3.63. The summed E-state index contributed by atoms with van der Waals surface area (Å²) in [5, 5.41) is 0. The number of carbonyl (C=O) groups excluding carboxylic acids is 2. The number of esters is 1. The topological polar surface area (TPSA) is 89.4 Å². The van der Waals surface area contributed by atoms with Crippen LogP contribution in [0.2, 0.25) is 0 Å². The van der Waals surface area contributed by atoms with Gasteiger partial charge in [-0.3, -0.25) is 9.59 Å². The summed E-state index contributed by atoms with van der Waals surface area (Å²) < 4.78 is 8.69. The van der Waals surface area contributed by atoms with Gasteiger partial charge in [0.2, 0.25) is 5.78 Å². The average molecular weight is 195 g/mol. The van der Waals surface area contributed by atoms with E-state index < -0.39 is 23.9 Å². The lowest BCUT2D eigenvalue weighted by Crippen LogP contribution is -2.18. The van der Waals surface area contributed by atoms with Crippen LogP contribution >= 0.6 is 0 Å². The van der Waals surface area contributed by atoms with Crippen molar-refractivity contribution in [2.75, 3.05) is 7.11 Å². The Hall–Kier alpha value is -1.79. The molecule has 0 atom stereocenters. The number of ether oxygens (including phenoxy) is 1. The van der Waals surface area contributed by atoms with Crippen molar-refractivity contribution >= 4 is 25.2 Å². The van der Waals surface area contributed by atoms with Gasteiger partial charge in [0, 0.05) is 5.59 Å². The highest BCUT2D eigenvalue weighted by Gasteiger charge is 2.18. The van der Waals surface area contributed by atoms with Gasteiger partial charge in [-0.05, 0) is 0 Å². The second-order valence-corrected chi connectivity index (χ2v) is 2.43. The van der Waals surface area contributed by atoms with Gasteiger partial charge in [0.25, 0.3) is 0 Å². The highest BCUT2D eigenvalue weighted by molar-refractivity contribution is 6.34. The molecule has 1 rings (SSSR count). The summed E-state index contributed by atoms with van der Waals surface area (Å²) in [7, 11) is 6.38. The van der Waals surface area contributed by atoms with Crippen LogP contribution < -0.4 is 11.3 Å². The predicted octanol–water partition coefficient (Wildman–Crippen LogP) is -1.49. The molecule has 0 aliphatic carbocycles. The maximum Gasteiger partial charge on any atom is 0.416 e. The first-order chi connectivity index (χ1) is 6.54. The molecule has 14 heavy (non-hydrogen) atoms. The van der Waals surface area contributed by atoms with Crippen molar-refractivity contribution in [1.82, 2.24) is 4.98 Å². The second-order valence-electron chi connectivity index (χ2n) is 2.43. The Kier molecular flexibility index (Phi) is 2.90. The summed E-state index contributed by atoms with van der Waals surface area (Å²) in [6, 6.07) is 0. The lowest BCUT2D eigenvalue weighted by molar-refractivity contribution is -0.139. The Labute approximate surface area is 79.7 Å². The Balaban J connectivity index is 2.85. The SMILES string of the molecule is [B]c1[nH]c(=O)oc1C(=O)CC(=O)OC. The Morgan fingerprint density at radius 1 is 1.57 bits per heavy atom. The van der Waals surface area contributed by atoms with E-state index in [2.05, 4.69) is 14.1 Å². The van der Waals surface area contributed by atoms with Crippen molar-refractivity contribution in [3.8, 4) is 0 Å². The number of methoxy groups -OCH3 is 1. The van der Waals surface area contributed by atoms with Crippen LogP contribution in [-0.2, 0) is 9.53 Å². The van der Waals surface area contributed by atoms with Gasteiger partial charge in [0.15, 0.2) is 5.76 Å². The van der Waals surface area contributed by atoms with E-state index in [1.54, 1.807) is 0 Å². The van der Waals surface area contributed by atoms with Crippen LogP contribution in [0.5, 0.6) is 0 Å². The summed E-state index contributed by atoms with van der Waals surface area (Å²) in [5.74, 6) is -2.61. The molecule has 1 aromatic rings. The molecule has 0 aliphatic rings. The Morgan fingerprint density at radius 3 is 2.64 bits per heavy atom. The van der Waals surface area contributed by atoms with Gasteiger partial charge in [-0.15, -0.1) is 0 Å². The minimum Gasteiger partial charge on any atom is -0.469 e. The smallest absolute Gasteiger partial charge is 0.416 e. The van der Waals surface area contributed by atoms with Gasteiger partial charge in [-0.25, -0.2) is 4.79 Å². The first kappa shape index (κ1) is 10.3. The molecule has 72 valence electrons. The molecular weight excluding hydrogens is 189 g/mol. The molecule has 1 N–H and O–H groups in total. The summed E-state index contributed by atoms with van der Waals surface area (Å²) >= 11 is 0. The van der Waals surface area contributed by atoms with Crippen molar-refractivity contribution in [2.45, 2.75) is 6.42 Å². The van der Waals surface area contributed by atoms with Crippen molar-refractivity contribution in [1.29, 1.82) is 0 Å². The molecule has 0 unspecified atom stereocenters. The number of ketones is 1. The molecular formula is C7H6BNO5. The van der Waals surface area contributed by atoms with Gasteiger partial charge in [0.05, 0.1) is 7.11 Å². The highest BCUT2D eigenvalue weighted by atomic mass is 16.5. The normalized spacial score (nSPS) is 9.79. The molecule has 6 nitrogen and oxygen atoms in total. The first-order valence-electron chi connectivity index (χ1n) is 3.63. The van der Waals surface area contributed by atoms with E-state index in [1.807, 2.05) is 0 Å². The fraction of sp³-hybridized carbons (Fsp3) is 0.286. The quantitative estimate of drug-likeness (QED) is 0.274. The molecule has 0 spiro atoms. The van der Waals surface area contributed by atoms with Crippen LogP contribution in [0, 0.1) is 0 Å². The molecule has 0 aliphatic heterocycles. The maximum absolute atomic E-state index is 11.2. The minimum atomic E-state index is -0.837. The number of carbonyl (C=O) groups is 2. The van der Waals surface area contributed by atoms with Crippen LogP contribution in [0.1, 0.15) is 17.0 Å². The lowest BCUT2D eigenvalue weighted by atomic mass is 10.00. The summed E-state index contributed by atoms with van der Waals surface area (Å²) in [6.45, 7) is 0. The molecule has 0 fully saturated rings. The van der Waals surface area contributed by atoms with Crippen LogP contribution in [0.25, 0.3) is 0 Å². The van der Waals surface area contributed by atoms with Crippen LogP contribution in [0.3, 0.4) is 0 Å². The zero-order chi connectivity index (χ0) is 10.7. The fourth-order valence-corrected chi connectivity index (χ4v) is 0.831. The number of nitrogens with one attached hydrogen (secondary N) is 1. The van der Waals surface area contributed by atoms with E-state index in [9.17, 15) is 14.4 Å². The summed E-state index contributed by atoms with van der Waals surface area (Å²) in [6.07, 6.45) is -0.512. The van der Waals surface area contributed by atoms with Crippen LogP contribution in [0.15, 0.2) is 9.21 Å². The number of hydrogen-bond acceptors (Lipinski definition) is 5. The number of rotatable bonds is 3. The third-order valence-corrected chi connectivity index (χ3v) is 1.46. The van der Waals surface area contributed by atoms with Gasteiger partial charge in [-0.1, -0.05) is 0 Å². The van der Waals surface area contributed by atoms with Gasteiger partial charge >= 0.3 is 11.7 Å². The van der Waals surface area contributed by atoms with E-state index in [4.69, 9.17) is 7.85 Å². The monoisotopic (exact) mass is 195 g/mol. The average Bonchev–Trinajstić information content (AvgIpc) is 2.45. The number of Topliss-reactive ketones (excluding diaryl/α,β-unsaturated/α-hetero) is 1.